The number of ether oxygens (including phenoxy) is 1. The molecule has 1 atom stereocenters. The highest BCUT2D eigenvalue weighted by atomic mass is 19.4. The Morgan fingerprint density at radius 3 is 2.71 bits per heavy atom. The molecule has 3 aromatic rings. The molecule has 34 heavy (non-hydrogen) atoms. The average Bonchev–Trinajstić information content (AvgIpc) is 3.35. The maximum absolute atomic E-state index is 13.1. The van der Waals surface area contributed by atoms with Gasteiger partial charge in [-0.25, -0.2) is 15.0 Å². The van der Waals surface area contributed by atoms with Crippen LogP contribution in [0.2, 0.25) is 0 Å². The largest absolute Gasteiger partial charge is 0.468 e. The van der Waals surface area contributed by atoms with Crippen molar-refractivity contribution in [3.05, 3.63) is 65.0 Å². The number of nitrogens with one attached hydrogen (secondary N) is 1. The first-order chi connectivity index (χ1) is 16.0. The molecular formula is C22H21F3N6O3. The highest BCUT2D eigenvalue weighted by Crippen LogP contribution is 2.35. The van der Waals surface area contributed by atoms with E-state index >= 15 is 0 Å². The van der Waals surface area contributed by atoms with Crippen LogP contribution in [-0.4, -0.2) is 49.0 Å². The van der Waals surface area contributed by atoms with Gasteiger partial charge in [-0.2, -0.15) is 13.2 Å². The number of alkyl halides is 3. The molecule has 4 rings (SSSR count). The number of amides is 2. The fourth-order valence-corrected chi connectivity index (χ4v) is 3.71. The molecule has 178 valence electrons. The lowest BCUT2D eigenvalue weighted by Gasteiger charge is -2.25. The van der Waals surface area contributed by atoms with E-state index in [0.29, 0.717) is 27.9 Å². The Morgan fingerprint density at radius 2 is 2.06 bits per heavy atom. The number of imidazole rings is 1. The lowest BCUT2D eigenvalue weighted by Crippen LogP contribution is -2.27. The van der Waals surface area contributed by atoms with Crippen LogP contribution in [0, 0.1) is 6.92 Å². The van der Waals surface area contributed by atoms with Crippen molar-refractivity contribution in [2.24, 2.45) is 7.05 Å². The van der Waals surface area contributed by atoms with Crippen molar-refractivity contribution in [2.45, 2.75) is 32.6 Å². The smallest absolute Gasteiger partial charge is 0.422 e. The molecule has 3 aromatic heterocycles. The molecule has 2 amide bonds. The molecular weight excluding hydrogens is 453 g/mol. The van der Waals surface area contributed by atoms with Gasteiger partial charge in [-0.1, -0.05) is 0 Å². The number of pyridine rings is 2. The SMILES string of the molecule is Cc1cc(C(C)N2Cc3c(ccnc3NC(=O)c3cncn3C)C2=O)cnc1OCC(F)(F)F. The predicted molar refractivity (Wildman–Crippen MR) is 114 cm³/mol. The van der Waals surface area contributed by atoms with Gasteiger partial charge in [0, 0.05) is 36.1 Å². The second-order valence-electron chi connectivity index (χ2n) is 7.93. The Morgan fingerprint density at radius 1 is 1.29 bits per heavy atom. The molecule has 0 fully saturated rings. The Bertz CT molecular complexity index is 1260. The minimum Gasteiger partial charge on any atom is -0.468 e. The zero-order valence-electron chi connectivity index (χ0n) is 18.6. The van der Waals surface area contributed by atoms with Crippen LogP contribution in [-0.2, 0) is 13.6 Å². The van der Waals surface area contributed by atoms with E-state index in [-0.39, 0.29) is 24.1 Å². The summed E-state index contributed by atoms with van der Waals surface area (Å²) in [6, 6.07) is 2.79. The molecule has 0 saturated heterocycles. The number of fused-ring (bicyclic) bond motifs is 1. The maximum atomic E-state index is 13.1. The summed E-state index contributed by atoms with van der Waals surface area (Å²) >= 11 is 0. The van der Waals surface area contributed by atoms with Gasteiger partial charge in [-0.15, -0.1) is 0 Å². The van der Waals surface area contributed by atoms with Gasteiger partial charge in [-0.3, -0.25) is 9.59 Å². The second kappa shape index (κ2) is 8.76. The van der Waals surface area contributed by atoms with Crippen LogP contribution >= 0.6 is 0 Å². The van der Waals surface area contributed by atoms with Crippen molar-refractivity contribution in [1.82, 2.24) is 24.4 Å². The first-order valence-electron chi connectivity index (χ1n) is 10.3. The van der Waals surface area contributed by atoms with E-state index in [1.54, 1.807) is 42.5 Å². The lowest BCUT2D eigenvalue weighted by molar-refractivity contribution is -0.154. The highest BCUT2D eigenvalue weighted by molar-refractivity contribution is 6.05. The molecule has 1 unspecified atom stereocenters. The number of halogens is 3. The molecule has 12 heteroatoms. The highest BCUT2D eigenvalue weighted by Gasteiger charge is 2.34. The lowest BCUT2D eigenvalue weighted by atomic mass is 10.1. The number of hydrogen-bond acceptors (Lipinski definition) is 6. The van der Waals surface area contributed by atoms with E-state index in [1.807, 2.05) is 0 Å². The fourth-order valence-electron chi connectivity index (χ4n) is 3.71. The first kappa shape index (κ1) is 23.2. The Hall–Kier alpha value is -3.96. The van der Waals surface area contributed by atoms with Crippen molar-refractivity contribution in [2.75, 3.05) is 11.9 Å². The van der Waals surface area contributed by atoms with E-state index in [9.17, 15) is 22.8 Å². The summed E-state index contributed by atoms with van der Waals surface area (Å²) < 4.78 is 43.6. The topological polar surface area (TPSA) is 102 Å². The molecule has 1 aliphatic rings. The average molecular weight is 474 g/mol. The van der Waals surface area contributed by atoms with Crippen molar-refractivity contribution in [3.8, 4) is 5.88 Å². The standard InChI is InChI=1S/C22H21F3N6O3/c1-12-6-14(7-28-20(12)34-10-22(23,24)25)13(2)31-9-16-15(21(31)33)4-5-27-18(16)29-19(32)17-8-26-11-30(17)3/h4-8,11,13H,9-10H2,1-3H3,(H,27,29,32). The molecule has 0 radical (unpaired) electrons. The van der Waals surface area contributed by atoms with Crippen LogP contribution < -0.4 is 10.1 Å². The Labute approximate surface area is 192 Å². The molecule has 0 spiro atoms. The zero-order chi connectivity index (χ0) is 24.6. The zero-order valence-corrected chi connectivity index (χ0v) is 18.6. The van der Waals surface area contributed by atoms with E-state index in [4.69, 9.17) is 4.74 Å². The van der Waals surface area contributed by atoms with Gasteiger partial charge in [-0.05, 0) is 31.5 Å². The Balaban J connectivity index is 1.53. The van der Waals surface area contributed by atoms with E-state index in [1.165, 1.54) is 24.9 Å². The van der Waals surface area contributed by atoms with Crippen molar-refractivity contribution in [1.29, 1.82) is 0 Å². The molecule has 4 heterocycles. The normalized spacial score (nSPS) is 14.2. The summed E-state index contributed by atoms with van der Waals surface area (Å²) in [6.45, 7) is 2.13. The summed E-state index contributed by atoms with van der Waals surface area (Å²) in [6.07, 6.45) is 1.30. The third kappa shape index (κ3) is 4.56. The summed E-state index contributed by atoms with van der Waals surface area (Å²) in [5.74, 6) is -0.504. The van der Waals surface area contributed by atoms with E-state index in [2.05, 4.69) is 20.3 Å². The van der Waals surface area contributed by atoms with Gasteiger partial charge in [0.05, 0.1) is 25.1 Å². The quantitative estimate of drug-likeness (QED) is 0.587. The number of carbonyl (C=O) groups excluding carboxylic acids is 2. The number of anilines is 1. The van der Waals surface area contributed by atoms with Crippen LogP contribution in [0.3, 0.4) is 0 Å². The van der Waals surface area contributed by atoms with Crippen LogP contribution in [0.1, 0.15) is 50.5 Å². The maximum Gasteiger partial charge on any atom is 0.422 e. The van der Waals surface area contributed by atoms with E-state index in [0.717, 1.165) is 0 Å². The number of rotatable bonds is 6. The van der Waals surface area contributed by atoms with Crippen molar-refractivity contribution >= 4 is 17.6 Å². The minimum absolute atomic E-state index is 0.117. The molecule has 1 N–H and O–H groups in total. The fraction of sp³-hybridized carbons (Fsp3) is 0.318. The molecule has 9 nitrogen and oxygen atoms in total. The monoisotopic (exact) mass is 474 g/mol. The van der Waals surface area contributed by atoms with Gasteiger partial charge in [0.25, 0.3) is 11.8 Å². The number of carbonyl (C=O) groups is 2. The molecule has 0 aliphatic carbocycles. The second-order valence-corrected chi connectivity index (χ2v) is 7.93. The summed E-state index contributed by atoms with van der Waals surface area (Å²) in [5.41, 5.74) is 2.37. The Kier molecular flexibility index (Phi) is 5.98. The molecule has 0 saturated carbocycles. The predicted octanol–water partition coefficient (Wildman–Crippen LogP) is 3.43. The van der Waals surface area contributed by atoms with Crippen LogP contribution in [0.5, 0.6) is 5.88 Å². The minimum atomic E-state index is -4.47. The summed E-state index contributed by atoms with van der Waals surface area (Å²) in [4.78, 5) is 39.4. The number of aromatic nitrogens is 4. The summed E-state index contributed by atoms with van der Waals surface area (Å²) in [5, 5.41) is 2.74. The summed E-state index contributed by atoms with van der Waals surface area (Å²) in [7, 11) is 1.69. The van der Waals surface area contributed by atoms with Gasteiger partial charge < -0.3 is 19.5 Å². The van der Waals surface area contributed by atoms with Crippen LogP contribution in [0.4, 0.5) is 19.0 Å². The van der Waals surface area contributed by atoms with Gasteiger partial charge in [0.2, 0.25) is 5.88 Å². The van der Waals surface area contributed by atoms with Crippen molar-refractivity contribution in [3.63, 3.8) is 0 Å². The van der Waals surface area contributed by atoms with Gasteiger partial charge in [0.1, 0.15) is 11.5 Å². The number of nitrogens with zero attached hydrogens (tertiary/aromatic N) is 5. The van der Waals surface area contributed by atoms with Crippen LogP contribution in [0.25, 0.3) is 0 Å². The first-order valence-corrected chi connectivity index (χ1v) is 10.3. The third-order valence-electron chi connectivity index (χ3n) is 5.53. The number of aryl methyl sites for hydroxylation is 2. The number of hydrogen-bond donors (Lipinski definition) is 1. The third-order valence-corrected chi connectivity index (χ3v) is 5.53. The molecule has 0 aromatic carbocycles. The van der Waals surface area contributed by atoms with Crippen LogP contribution in [0.15, 0.2) is 37.1 Å². The van der Waals surface area contributed by atoms with Gasteiger partial charge >= 0.3 is 6.18 Å². The van der Waals surface area contributed by atoms with Gasteiger partial charge in [0.15, 0.2) is 6.61 Å². The molecule has 0 bridgehead atoms. The van der Waals surface area contributed by atoms with Crippen molar-refractivity contribution < 1.29 is 27.5 Å². The molecule has 1 aliphatic heterocycles. The van der Waals surface area contributed by atoms with E-state index < -0.39 is 24.7 Å².